The van der Waals surface area contributed by atoms with Gasteiger partial charge in [-0.1, -0.05) is 11.6 Å². The van der Waals surface area contributed by atoms with Gasteiger partial charge in [0.15, 0.2) is 0 Å². The summed E-state index contributed by atoms with van der Waals surface area (Å²) in [7, 11) is 0. The molecule has 146 valence electrons. The van der Waals surface area contributed by atoms with Gasteiger partial charge < -0.3 is 20.7 Å². The molecule has 2 unspecified atom stereocenters. The highest BCUT2D eigenvalue weighted by Gasteiger charge is 2.30. The zero-order valence-electron chi connectivity index (χ0n) is 16.1. The number of nitrogens with one attached hydrogen (secondary N) is 3. The maximum Gasteiger partial charge on any atom is 0.407 e. The van der Waals surface area contributed by atoms with E-state index >= 15 is 0 Å². The summed E-state index contributed by atoms with van der Waals surface area (Å²) in [5.74, 6) is 1.28. The molecule has 5 nitrogen and oxygen atoms in total. The first-order valence-electron chi connectivity index (χ1n) is 9.50. The third kappa shape index (κ3) is 7.83. The normalized spacial score (nSPS) is 19.5. The number of halogens is 1. The van der Waals surface area contributed by atoms with Crippen LogP contribution in [0.2, 0.25) is 5.02 Å². The summed E-state index contributed by atoms with van der Waals surface area (Å²) >= 11 is 5.87. The van der Waals surface area contributed by atoms with Crippen molar-refractivity contribution in [2.45, 2.75) is 45.6 Å². The summed E-state index contributed by atoms with van der Waals surface area (Å²) < 4.78 is 5.28. The van der Waals surface area contributed by atoms with Crippen molar-refractivity contribution < 1.29 is 9.53 Å². The molecule has 0 radical (unpaired) electrons. The largest absolute Gasteiger partial charge is 0.444 e. The number of ether oxygens (including phenoxy) is 1. The highest BCUT2D eigenvalue weighted by molar-refractivity contribution is 6.30. The van der Waals surface area contributed by atoms with Gasteiger partial charge in [0.25, 0.3) is 0 Å². The van der Waals surface area contributed by atoms with Gasteiger partial charge in [0.2, 0.25) is 0 Å². The Morgan fingerprint density at radius 2 is 1.81 bits per heavy atom. The second kappa shape index (κ2) is 10.0. The predicted molar refractivity (Wildman–Crippen MR) is 108 cm³/mol. The van der Waals surface area contributed by atoms with E-state index in [1.54, 1.807) is 0 Å². The van der Waals surface area contributed by atoms with E-state index in [0.717, 1.165) is 43.3 Å². The molecule has 0 aliphatic heterocycles. The maximum absolute atomic E-state index is 11.7. The minimum Gasteiger partial charge on any atom is -0.444 e. The van der Waals surface area contributed by atoms with Crippen molar-refractivity contribution in [2.75, 3.05) is 31.5 Å². The zero-order valence-corrected chi connectivity index (χ0v) is 16.9. The molecule has 1 amide bonds. The summed E-state index contributed by atoms with van der Waals surface area (Å²) in [5.41, 5.74) is 0.649. The van der Waals surface area contributed by atoms with Crippen LogP contribution in [-0.4, -0.2) is 37.9 Å². The molecule has 6 heteroatoms. The monoisotopic (exact) mass is 381 g/mol. The molecule has 0 saturated heterocycles. The first-order valence-corrected chi connectivity index (χ1v) is 9.88. The number of anilines is 1. The lowest BCUT2D eigenvalue weighted by molar-refractivity contribution is 0.0488. The van der Waals surface area contributed by atoms with Crippen LogP contribution in [0.1, 0.15) is 40.0 Å². The van der Waals surface area contributed by atoms with Crippen LogP contribution in [0.3, 0.4) is 0 Å². The van der Waals surface area contributed by atoms with E-state index in [-0.39, 0.29) is 6.09 Å². The quantitative estimate of drug-likeness (QED) is 0.558. The first kappa shape index (κ1) is 20.8. The van der Waals surface area contributed by atoms with Crippen LogP contribution in [0, 0.1) is 11.8 Å². The number of carbonyl (C=O) groups excluding carboxylic acids is 1. The number of alkyl carbamates (subject to hydrolysis) is 1. The zero-order chi connectivity index (χ0) is 19.0. The Morgan fingerprint density at radius 1 is 1.12 bits per heavy atom. The summed E-state index contributed by atoms with van der Waals surface area (Å²) in [6.45, 7) is 9.18. The highest BCUT2D eigenvalue weighted by atomic mass is 35.5. The topological polar surface area (TPSA) is 62.4 Å². The number of hydrogen-bond acceptors (Lipinski definition) is 4. The fourth-order valence-electron chi connectivity index (χ4n) is 3.09. The summed E-state index contributed by atoms with van der Waals surface area (Å²) in [6.07, 6.45) is 3.29. The van der Waals surface area contributed by atoms with Gasteiger partial charge >= 0.3 is 6.09 Å². The number of amides is 1. The number of hydrogen-bond donors (Lipinski definition) is 3. The Hall–Kier alpha value is -1.46. The minimum atomic E-state index is -0.437. The highest BCUT2D eigenvalue weighted by Crippen LogP contribution is 2.36. The second-order valence-electron chi connectivity index (χ2n) is 7.95. The van der Waals surface area contributed by atoms with Crippen molar-refractivity contribution in [3.63, 3.8) is 0 Å². The van der Waals surface area contributed by atoms with Crippen LogP contribution >= 0.6 is 11.6 Å². The Balaban J connectivity index is 1.50. The Morgan fingerprint density at radius 3 is 2.42 bits per heavy atom. The molecule has 2 atom stereocenters. The molecular weight excluding hydrogens is 350 g/mol. The molecule has 0 spiro atoms. The molecule has 1 fully saturated rings. The molecule has 1 saturated carbocycles. The van der Waals surface area contributed by atoms with E-state index < -0.39 is 5.60 Å². The Bertz CT molecular complexity index is 557. The van der Waals surface area contributed by atoms with Crippen LogP contribution in [0.5, 0.6) is 0 Å². The van der Waals surface area contributed by atoms with Gasteiger partial charge in [-0.2, -0.15) is 0 Å². The second-order valence-corrected chi connectivity index (χ2v) is 8.39. The van der Waals surface area contributed by atoms with Crippen molar-refractivity contribution in [3.8, 4) is 0 Å². The summed E-state index contributed by atoms with van der Waals surface area (Å²) in [6, 6.07) is 7.75. The molecule has 0 heterocycles. The summed E-state index contributed by atoms with van der Waals surface area (Å²) in [5, 5.41) is 10.5. The average Bonchev–Trinajstić information content (AvgIpc) is 2.53. The Labute approximate surface area is 162 Å². The molecular formula is C20H32ClN3O2. The fraction of sp³-hybridized carbons (Fsp3) is 0.650. The van der Waals surface area contributed by atoms with Crippen molar-refractivity contribution in [1.82, 2.24) is 10.6 Å². The average molecular weight is 382 g/mol. The molecule has 26 heavy (non-hydrogen) atoms. The smallest absolute Gasteiger partial charge is 0.407 e. The molecule has 1 aliphatic carbocycles. The van der Waals surface area contributed by atoms with Gasteiger partial charge in [0, 0.05) is 30.3 Å². The van der Waals surface area contributed by atoms with Crippen LogP contribution < -0.4 is 16.0 Å². The van der Waals surface area contributed by atoms with Gasteiger partial charge in [-0.25, -0.2) is 4.79 Å². The van der Waals surface area contributed by atoms with Gasteiger partial charge in [0.05, 0.1) is 0 Å². The number of carbonyl (C=O) groups is 1. The lowest BCUT2D eigenvalue weighted by Crippen LogP contribution is -2.41. The van der Waals surface area contributed by atoms with E-state index in [1.807, 2.05) is 45.0 Å². The molecule has 2 rings (SSSR count). The van der Waals surface area contributed by atoms with Crippen molar-refractivity contribution in [2.24, 2.45) is 11.8 Å². The standard InChI is InChI=1S/C20H32ClN3O2/c1-20(2,3)26-19(25)24-14-16-5-4-15(16)10-11-22-12-13-23-18-8-6-17(21)7-9-18/h6-9,15-16,22-23H,4-5,10-14H2,1-3H3,(H,24,25). The van der Waals surface area contributed by atoms with Crippen LogP contribution in [-0.2, 0) is 4.74 Å². The van der Waals surface area contributed by atoms with Crippen LogP contribution in [0.15, 0.2) is 24.3 Å². The number of rotatable bonds is 9. The minimum absolute atomic E-state index is 0.311. The van der Waals surface area contributed by atoms with Crippen LogP contribution in [0.4, 0.5) is 10.5 Å². The van der Waals surface area contributed by atoms with E-state index in [4.69, 9.17) is 16.3 Å². The van der Waals surface area contributed by atoms with Gasteiger partial charge in [0.1, 0.15) is 5.60 Å². The molecule has 0 bridgehead atoms. The summed E-state index contributed by atoms with van der Waals surface area (Å²) in [4.78, 5) is 11.7. The van der Waals surface area contributed by atoms with Gasteiger partial charge in [-0.05, 0) is 82.7 Å². The van der Waals surface area contributed by atoms with E-state index in [9.17, 15) is 4.79 Å². The lowest BCUT2D eigenvalue weighted by Gasteiger charge is -2.37. The van der Waals surface area contributed by atoms with Crippen molar-refractivity contribution >= 4 is 23.4 Å². The maximum atomic E-state index is 11.7. The van der Waals surface area contributed by atoms with Gasteiger partial charge in [-0.15, -0.1) is 0 Å². The third-order valence-corrected chi connectivity index (χ3v) is 4.90. The van der Waals surface area contributed by atoms with E-state index in [2.05, 4.69) is 16.0 Å². The molecule has 1 aliphatic rings. The van der Waals surface area contributed by atoms with Gasteiger partial charge in [-0.3, -0.25) is 0 Å². The van der Waals surface area contributed by atoms with Crippen molar-refractivity contribution in [1.29, 1.82) is 0 Å². The molecule has 1 aromatic carbocycles. The Kier molecular flexibility index (Phi) is 8.04. The van der Waals surface area contributed by atoms with E-state index in [0.29, 0.717) is 11.8 Å². The fourth-order valence-corrected chi connectivity index (χ4v) is 3.22. The van der Waals surface area contributed by atoms with Crippen molar-refractivity contribution in [3.05, 3.63) is 29.3 Å². The first-order chi connectivity index (χ1) is 12.3. The number of benzene rings is 1. The third-order valence-electron chi connectivity index (χ3n) is 4.65. The lowest BCUT2D eigenvalue weighted by atomic mass is 9.72. The SMILES string of the molecule is CC(C)(C)OC(=O)NCC1CCC1CCNCCNc1ccc(Cl)cc1. The molecule has 3 N–H and O–H groups in total. The predicted octanol–water partition coefficient (Wildman–Crippen LogP) is 4.28. The van der Waals surface area contributed by atoms with Crippen LogP contribution in [0.25, 0.3) is 0 Å². The van der Waals surface area contributed by atoms with E-state index in [1.165, 1.54) is 12.8 Å². The molecule has 1 aromatic rings. The molecule has 0 aromatic heterocycles.